The Labute approximate surface area is 136 Å². The SMILES string of the molecule is [2H]c1cc2c(-c3ccccc3)nc(C)nc2cc1-c1ccccc1. The smallest absolute Gasteiger partial charge is 0.126 e. The van der Waals surface area contributed by atoms with Crippen LogP contribution in [0.5, 0.6) is 0 Å². The van der Waals surface area contributed by atoms with Crippen LogP contribution in [0.1, 0.15) is 7.20 Å². The van der Waals surface area contributed by atoms with E-state index in [-0.39, 0.29) is 0 Å². The Morgan fingerprint density at radius 1 is 0.739 bits per heavy atom. The van der Waals surface area contributed by atoms with Gasteiger partial charge in [-0.15, -0.1) is 0 Å². The summed E-state index contributed by atoms with van der Waals surface area (Å²) in [6.45, 7) is 1.91. The molecule has 110 valence electrons. The van der Waals surface area contributed by atoms with E-state index in [1.54, 1.807) is 0 Å². The van der Waals surface area contributed by atoms with Crippen molar-refractivity contribution in [1.29, 1.82) is 0 Å². The molecule has 0 aliphatic carbocycles. The number of hydrogen-bond donors (Lipinski definition) is 0. The van der Waals surface area contributed by atoms with Gasteiger partial charge in [0.2, 0.25) is 0 Å². The first-order valence-electron chi connectivity index (χ1n) is 8.12. The topological polar surface area (TPSA) is 25.8 Å². The van der Waals surface area contributed by atoms with Crippen LogP contribution in [0.2, 0.25) is 0 Å². The summed E-state index contributed by atoms with van der Waals surface area (Å²) in [6, 6.07) is 24.4. The van der Waals surface area contributed by atoms with Gasteiger partial charge in [-0.3, -0.25) is 0 Å². The van der Waals surface area contributed by atoms with Crippen LogP contribution in [0.15, 0.2) is 78.8 Å². The lowest BCUT2D eigenvalue weighted by molar-refractivity contribution is 1.10. The van der Waals surface area contributed by atoms with E-state index < -0.39 is 0 Å². The summed E-state index contributed by atoms with van der Waals surface area (Å²) in [7, 11) is 0. The summed E-state index contributed by atoms with van der Waals surface area (Å²) in [5, 5.41) is 0.913. The molecule has 2 nitrogen and oxygen atoms in total. The number of fused-ring (bicyclic) bond motifs is 1. The normalized spacial score (nSPS) is 11.4. The number of hydrogen-bond acceptors (Lipinski definition) is 2. The third-order valence-corrected chi connectivity index (χ3v) is 3.87. The minimum atomic E-state index is 0.485. The van der Waals surface area contributed by atoms with Crippen LogP contribution in [0.3, 0.4) is 0 Å². The fourth-order valence-corrected chi connectivity index (χ4v) is 2.78. The molecule has 0 aliphatic heterocycles. The minimum absolute atomic E-state index is 0.485. The molecule has 0 unspecified atom stereocenters. The summed E-state index contributed by atoms with van der Waals surface area (Å²) in [6.07, 6.45) is 0. The molecule has 4 aromatic rings. The van der Waals surface area contributed by atoms with Crippen molar-refractivity contribution in [2.24, 2.45) is 0 Å². The molecule has 0 aliphatic rings. The van der Waals surface area contributed by atoms with Gasteiger partial charge in [-0.05, 0) is 30.2 Å². The van der Waals surface area contributed by atoms with Crippen molar-refractivity contribution in [2.75, 3.05) is 0 Å². The molecule has 23 heavy (non-hydrogen) atoms. The maximum atomic E-state index is 8.45. The van der Waals surface area contributed by atoms with E-state index in [2.05, 4.69) is 9.97 Å². The van der Waals surface area contributed by atoms with E-state index in [1.165, 1.54) is 0 Å². The molecular weight excluding hydrogens is 280 g/mol. The van der Waals surface area contributed by atoms with Gasteiger partial charge in [0.15, 0.2) is 0 Å². The lowest BCUT2D eigenvalue weighted by atomic mass is 10.0. The van der Waals surface area contributed by atoms with Crippen molar-refractivity contribution in [3.8, 4) is 22.4 Å². The third kappa shape index (κ3) is 2.59. The lowest BCUT2D eigenvalue weighted by Gasteiger charge is -2.09. The van der Waals surface area contributed by atoms with E-state index in [9.17, 15) is 0 Å². The fourth-order valence-electron chi connectivity index (χ4n) is 2.78. The number of nitrogens with zero attached hydrogens (tertiary/aromatic N) is 2. The van der Waals surface area contributed by atoms with Gasteiger partial charge in [0.1, 0.15) is 5.82 Å². The molecule has 4 rings (SSSR count). The van der Waals surface area contributed by atoms with Crippen LogP contribution >= 0.6 is 0 Å². The van der Waals surface area contributed by atoms with Crippen molar-refractivity contribution in [1.82, 2.24) is 9.97 Å². The molecule has 0 atom stereocenters. The first-order chi connectivity index (χ1) is 11.7. The summed E-state index contributed by atoms with van der Waals surface area (Å²) >= 11 is 0. The van der Waals surface area contributed by atoms with E-state index in [0.29, 0.717) is 6.04 Å². The van der Waals surface area contributed by atoms with Crippen molar-refractivity contribution >= 4 is 10.9 Å². The lowest BCUT2D eigenvalue weighted by Crippen LogP contribution is -1.94. The Kier molecular flexibility index (Phi) is 3.08. The molecule has 0 spiro atoms. The molecule has 0 bridgehead atoms. The monoisotopic (exact) mass is 297 g/mol. The average Bonchev–Trinajstić information content (AvgIpc) is 2.62. The number of aromatic nitrogens is 2. The summed E-state index contributed by atoms with van der Waals surface area (Å²) in [5.74, 6) is 0.734. The number of aryl methyl sites for hydroxylation is 1. The fraction of sp³-hybridized carbons (Fsp3) is 0.0476. The quantitative estimate of drug-likeness (QED) is 0.503. The molecule has 1 aromatic heterocycles. The second-order valence-electron chi connectivity index (χ2n) is 5.50. The largest absolute Gasteiger partial charge is 0.233 e. The van der Waals surface area contributed by atoms with Gasteiger partial charge in [0.25, 0.3) is 0 Å². The highest BCUT2D eigenvalue weighted by Gasteiger charge is 2.09. The summed E-state index contributed by atoms with van der Waals surface area (Å²) in [5.41, 5.74) is 4.71. The molecule has 0 amide bonds. The molecule has 0 fully saturated rings. The summed E-state index contributed by atoms with van der Waals surface area (Å²) < 4.78 is 8.45. The Morgan fingerprint density at radius 2 is 1.39 bits per heavy atom. The van der Waals surface area contributed by atoms with Gasteiger partial charge < -0.3 is 0 Å². The highest BCUT2D eigenvalue weighted by atomic mass is 14.9. The maximum absolute atomic E-state index is 8.45. The van der Waals surface area contributed by atoms with Crippen molar-refractivity contribution < 1.29 is 1.37 Å². The molecule has 0 saturated heterocycles. The molecule has 0 N–H and O–H groups in total. The summed E-state index contributed by atoms with van der Waals surface area (Å²) in [4.78, 5) is 9.22. The van der Waals surface area contributed by atoms with Gasteiger partial charge in [-0.2, -0.15) is 0 Å². The first-order valence-corrected chi connectivity index (χ1v) is 7.62. The predicted molar refractivity (Wildman–Crippen MR) is 95.1 cm³/mol. The van der Waals surface area contributed by atoms with E-state index in [4.69, 9.17) is 1.37 Å². The van der Waals surface area contributed by atoms with Gasteiger partial charge in [0.05, 0.1) is 12.6 Å². The molecule has 3 aromatic carbocycles. The highest BCUT2D eigenvalue weighted by molar-refractivity contribution is 5.94. The Hall–Kier alpha value is -3.00. The van der Waals surface area contributed by atoms with Crippen molar-refractivity contribution in [2.45, 2.75) is 6.92 Å². The second kappa shape index (κ2) is 5.65. The number of benzene rings is 3. The van der Waals surface area contributed by atoms with Gasteiger partial charge in [-0.1, -0.05) is 66.7 Å². The first kappa shape index (κ1) is 12.5. The molecule has 0 saturated carbocycles. The minimum Gasteiger partial charge on any atom is -0.233 e. The van der Waals surface area contributed by atoms with Crippen LogP contribution in [0, 0.1) is 6.92 Å². The second-order valence-corrected chi connectivity index (χ2v) is 5.50. The van der Waals surface area contributed by atoms with E-state index in [0.717, 1.165) is 39.1 Å². The molecule has 2 heteroatoms. The highest BCUT2D eigenvalue weighted by Crippen LogP contribution is 2.29. The Balaban J connectivity index is 2.00. The predicted octanol–water partition coefficient (Wildman–Crippen LogP) is 5.27. The van der Waals surface area contributed by atoms with Crippen LogP contribution in [0.25, 0.3) is 33.3 Å². The van der Waals surface area contributed by atoms with Crippen molar-refractivity contribution in [3.63, 3.8) is 0 Å². The van der Waals surface area contributed by atoms with Crippen LogP contribution in [-0.4, -0.2) is 9.97 Å². The molecular formula is C21H16N2. The van der Waals surface area contributed by atoms with Gasteiger partial charge in [-0.25, -0.2) is 9.97 Å². The van der Waals surface area contributed by atoms with Crippen LogP contribution < -0.4 is 0 Å². The van der Waals surface area contributed by atoms with Crippen LogP contribution in [0.4, 0.5) is 0 Å². The van der Waals surface area contributed by atoms with Gasteiger partial charge >= 0.3 is 0 Å². The zero-order valence-corrected chi connectivity index (χ0v) is 12.8. The standard InChI is InChI=1S/C21H16N2/c1-15-22-20-14-18(16-8-4-2-5-9-16)12-13-19(20)21(23-15)17-10-6-3-7-11-17/h2-14H,1H3/i12D. The van der Waals surface area contributed by atoms with Gasteiger partial charge in [0, 0.05) is 10.9 Å². The third-order valence-electron chi connectivity index (χ3n) is 3.87. The van der Waals surface area contributed by atoms with E-state index >= 15 is 0 Å². The van der Waals surface area contributed by atoms with Crippen molar-refractivity contribution in [3.05, 3.63) is 84.7 Å². The van der Waals surface area contributed by atoms with E-state index in [1.807, 2.05) is 79.7 Å². The Bertz CT molecular complexity index is 1010. The zero-order chi connectivity index (χ0) is 16.5. The maximum Gasteiger partial charge on any atom is 0.126 e. The number of rotatable bonds is 2. The zero-order valence-electron chi connectivity index (χ0n) is 13.8. The molecule has 1 heterocycles. The Morgan fingerprint density at radius 3 is 2.09 bits per heavy atom. The average molecular weight is 297 g/mol. The molecule has 0 radical (unpaired) electrons. The van der Waals surface area contributed by atoms with Crippen LogP contribution in [-0.2, 0) is 0 Å².